The van der Waals surface area contributed by atoms with Crippen LogP contribution >= 0.6 is 0 Å². The van der Waals surface area contributed by atoms with Gasteiger partial charge in [-0.3, -0.25) is 4.98 Å². The van der Waals surface area contributed by atoms with Crippen molar-refractivity contribution >= 4 is 22.5 Å². The third-order valence-corrected chi connectivity index (χ3v) is 3.45. The monoisotopic (exact) mass is 252 g/mol. The predicted octanol–water partition coefficient (Wildman–Crippen LogP) is 2.64. The molecular weight excluding hydrogens is 236 g/mol. The summed E-state index contributed by atoms with van der Waals surface area (Å²) < 4.78 is 0. The Hall–Kier alpha value is -2.23. The molecule has 1 atom stereocenters. The van der Waals surface area contributed by atoms with E-state index in [0.717, 1.165) is 34.3 Å². The van der Waals surface area contributed by atoms with Crippen LogP contribution in [0.5, 0.6) is 0 Å². The molecule has 1 aliphatic rings. The fourth-order valence-corrected chi connectivity index (χ4v) is 2.23. The minimum absolute atomic E-state index is 0.249. The first-order valence-electron chi connectivity index (χ1n) is 6.41. The number of rotatable bonds is 1. The van der Waals surface area contributed by atoms with Crippen molar-refractivity contribution in [2.45, 2.75) is 20.3 Å². The lowest BCUT2D eigenvalue weighted by atomic mass is 9.96. The normalized spacial score (nSPS) is 19.2. The van der Waals surface area contributed by atoms with Crippen molar-refractivity contribution in [3.8, 4) is 0 Å². The zero-order valence-electron chi connectivity index (χ0n) is 11.1. The molecule has 0 aliphatic carbocycles. The minimum Gasteiger partial charge on any atom is -0.385 e. The van der Waals surface area contributed by atoms with Crippen LogP contribution in [0.3, 0.4) is 0 Å². The summed E-state index contributed by atoms with van der Waals surface area (Å²) in [5, 5.41) is 9.37. The van der Waals surface area contributed by atoms with Crippen LogP contribution < -0.4 is 5.73 Å². The van der Waals surface area contributed by atoms with Gasteiger partial charge in [0.25, 0.3) is 0 Å². The number of nitrogens with zero attached hydrogens (tertiary/aromatic N) is 3. The molecule has 2 heterocycles. The Morgan fingerprint density at radius 3 is 2.79 bits per heavy atom. The van der Waals surface area contributed by atoms with Gasteiger partial charge in [0.1, 0.15) is 5.84 Å². The van der Waals surface area contributed by atoms with Gasteiger partial charge < -0.3 is 5.73 Å². The molecule has 4 heteroatoms. The van der Waals surface area contributed by atoms with Gasteiger partial charge in [-0.05, 0) is 30.7 Å². The quantitative estimate of drug-likeness (QED) is 0.848. The van der Waals surface area contributed by atoms with E-state index in [9.17, 15) is 0 Å². The van der Waals surface area contributed by atoms with E-state index in [4.69, 9.17) is 5.73 Å². The molecule has 1 aromatic heterocycles. The standard InChI is InChI=1S/C15H16N4/c1-9-7-14(18-19-15(9)16)12-5-6-13-11(8-12)4-3-10(2)17-13/h3-6,8-9H,7H2,1-2H3,(H2,16,19). The van der Waals surface area contributed by atoms with Crippen LogP contribution in [0, 0.1) is 12.8 Å². The number of amidine groups is 1. The highest BCUT2D eigenvalue weighted by atomic mass is 15.2. The zero-order chi connectivity index (χ0) is 13.4. The maximum atomic E-state index is 5.76. The van der Waals surface area contributed by atoms with Gasteiger partial charge in [-0.2, -0.15) is 5.10 Å². The van der Waals surface area contributed by atoms with Crippen LogP contribution in [0.15, 0.2) is 40.5 Å². The molecule has 19 heavy (non-hydrogen) atoms. The van der Waals surface area contributed by atoms with Crippen LogP contribution in [-0.4, -0.2) is 16.5 Å². The van der Waals surface area contributed by atoms with Crippen LogP contribution in [0.25, 0.3) is 10.9 Å². The van der Waals surface area contributed by atoms with Gasteiger partial charge >= 0.3 is 0 Å². The Bertz CT molecular complexity index is 700. The third-order valence-electron chi connectivity index (χ3n) is 3.45. The first kappa shape index (κ1) is 11.8. The molecule has 2 N–H and O–H groups in total. The van der Waals surface area contributed by atoms with E-state index in [1.54, 1.807) is 0 Å². The summed E-state index contributed by atoms with van der Waals surface area (Å²) in [5.74, 6) is 0.862. The van der Waals surface area contributed by atoms with Gasteiger partial charge in [-0.15, -0.1) is 5.10 Å². The van der Waals surface area contributed by atoms with E-state index in [1.165, 1.54) is 0 Å². The SMILES string of the molecule is Cc1ccc2cc(C3=NN=C(N)C(C)C3)ccc2n1. The largest absolute Gasteiger partial charge is 0.385 e. The molecule has 0 amide bonds. The van der Waals surface area contributed by atoms with E-state index in [1.807, 2.05) is 19.1 Å². The van der Waals surface area contributed by atoms with Crippen molar-refractivity contribution in [3.63, 3.8) is 0 Å². The number of fused-ring (bicyclic) bond motifs is 1. The first-order valence-corrected chi connectivity index (χ1v) is 6.41. The summed E-state index contributed by atoms with van der Waals surface area (Å²) in [6, 6.07) is 10.3. The third kappa shape index (κ3) is 2.21. The Morgan fingerprint density at radius 2 is 2.00 bits per heavy atom. The highest BCUT2D eigenvalue weighted by Crippen LogP contribution is 2.20. The van der Waals surface area contributed by atoms with Crippen LogP contribution in [0.4, 0.5) is 0 Å². The molecule has 0 radical (unpaired) electrons. The molecule has 3 rings (SSSR count). The molecule has 4 nitrogen and oxygen atoms in total. The van der Waals surface area contributed by atoms with Crippen molar-refractivity contribution in [3.05, 3.63) is 41.6 Å². The van der Waals surface area contributed by atoms with Crippen molar-refractivity contribution < 1.29 is 0 Å². The summed E-state index contributed by atoms with van der Waals surface area (Å²) in [4.78, 5) is 4.50. The Kier molecular flexibility index (Phi) is 2.78. The number of hydrogen-bond donors (Lipinski definition) is 1. The second kappa shape index (κ2) is 4.46. The molecule has 1 aromatic carbocycles. The molecule has 0 saturated heterocycles. The van der Waals surface area contributed by atoms with Crippen molar-refractivity contribution in [2.24, 2.45) is 21.9 Å². The lowest BCUT2D eigenvalue weighted by Gasteiger charge is -2.16. The van der Waals surface area contributed by atoms with Gasteiger partial charge in [-0.25, -0.2) is 0 Å². The summed E-state index contributed by atoms with van der Waals surface area (Å²) in [6.07, 6.45) is 0.833. The molecule has 0 saturated carbocycles. The predicted molar refractivity (Wildman–Crippen MR) is 78.4 cm³/mol. The van der Waals surface area contributed by atoms with Crippen LogP contribution in [0.2, 0.25) is 0 Å². The Labute approximate surface area is 112 Å². The number of nitrogens with two attached hydrogens (primary N) is 1. The van der Waals surface area contributed by atoms with Crippen molar-refractivity contribution in [2.75, 3.05) is 0 Å². The highest BCUT2D eigenvalue weighted by molar-refractivity contribution is 6.06. The molecular formula is C15H16N4. The average Bonchev–Trinajstić information content (AvgIpc) is 2.41. The Balaban J connectivity index is 2.05. The molecule has 1 aliphatic heterocycles. The van der Waals surface area contributed by atoms with Gasteiger partial charge in [-0.1, -0.05) is 19.1 Å². The lowest BCUT2D eigenvalue weighted by molar-refractivity contribution is 0.779. The summed E-state index contributed by atoms with van der Waals surface area (Å²) in [7, 11) is 0. The molecule has 0 bridgehead atoms. The number of benzene rings is 1. The topological polar surface area (TPSA) is 63.6 Å². The number of aromatic nitrogens is 1. The molecule has 2 aromatic rings. The van der Waals surface area contributed by atoms with E-state index in [-0.39, 0.29) is 5.92 Å². The minimum atomic E-state index is 0.249. The lowest BCUT2D eigenvalue weighted by Crippen LogP contribution is -2.26. The Morgan fingerprint density at radius 1 is 1.16 bits per heavy atom. The first-order chi connectivity index (χ1) is 9.13. The smallest absolute Gasteiger partial charge is 0.125 e. The maximum absolute atomic E-state index is 5.76. The molecule has 1 unspecified atom stereocenters. The summed E-state index contributed by atoms with van der Waals surface area (Å²) in [6.45, 7) is 4.07. The van der Waals surface area contributed by atoms with E-state index < -0.39 is 0 Å². The summed E-state index contributed by atoms with van der Waals surface area (Å²) >= 11 is 0. The van der Waals surface area contributed by atoms with Gasteiger partial charge in [0.15, 0.2) is 0 Å². The van der Waals surface area contributed by atoms with E-state index in [2.05, 4.69) is 40.3 Å². The molecule has 96 valence electrons. The van der Waals surface area contributed by atoms with Crippen molar-refractivity contribution in [1.29, 1.82) is 0 Å². The number of hydrogen-bond acceptors (Lipinski definition) is 4. The van der Waals surface area contributed by atoms with Crippen LogP contribution in [0.1, 0.15) is 24.6 Å². The number of aryl methyl sites for hydroxylation is 1. The van der Waals surface area contributed by atoms with E-state index in [0.29, 0.717) is 5.84 Å². The zero-order valence-corrected chi connectivity index (χ0v) is 11.1. The van der Waals surface area contributed by atoms with E-state index >= 15 is 0 Å². The second-order valence-electron chi connectivity index (χ2n) is 5.04. The fourth-order valence-electron chi connectivity index (χ4n) is 2.23. The fraction of sp³-hybridized carbons (Fsp3) is 0.267. The van der Waals surface area contributed by atoms with Gasteiger partial charge in [0.2, 0.25) is 0 Å². The van der Waals surface area contributed by atoms with Crippen LogP contribution in [-0.2, 0) is 0 Å². The number of pyridine rings is 1. The molecule has 0 fully saturated rings. The highest BCUT2D eigenvalue weighted by Gasteiger charge is 2.17. The summed E-state index contributed by atoms with van der Waals surface area (Å²) in [5.41, 5.74) is 9.89. The average molecular weight is 252 g/mol. The second-order valence-corrected chi connectivity index (χ2v) is 5.04. The van der Waals surface area contributed by atoms with Gasteiger partial charge in [0, 0.05) is 23.4 Å². The maximum Gasteiger partial charge on any atom is 0.125 e. The van der Waals surface area contributed by atoms with Gasteiger partial charge in [0.05, 0.1) is 11.2 Å². The molecule has 0 spiro atoms. The van der Waals surface area contributed by atoms with Crippen molar-refractivity contribution in [1.82, 2.24) is 4.98 Å².